The summed E-state index contributed by atoms with van der Waals surface area (Å²) in [6.07, 6.45) is 4.83. The normalized spacial score (nSPS) is 39.6. The molecule has 2 fully saturated rings. The lowest BCUT2D eigenvalue weighted by Crippen LogP contribution is -2.31. The Balaban J connectivity index is 1.94. The molecule has 12 heavy (non-hydrogen) atoms. The summed E-state index contributed by atoms with van der Waals surface area (Å²) in [7, 11) is 1.67. The van der Waals surface area contributed by atoms with Crippen LogP contribution in [0.4, 0.5) is 0 Å². The highest BCUT2D eigenvalue weighted by atomic mass is 16.5. The third-order valence-corrected chi connectivity index (χ3v) is 2.98. The van der Waals surface area contributed by atoms with Gasteiger partial charge in [-0.1, -0.05) is 6.42 Å². The van der Waals surface area contributed by atoms with Gasteiger partial charge in [-0.25, -0.2) is 0 Å². The van der Waals surface area contributed by atoms with E-state index in [0.29, 0.717) is 12.0 Å². The molecule has 1 amide bonds. The molecule has 0 unspecified atom stereocenters. The van der Waals surface area contributed by atoms with Crippen molar-refractivity contribution in [1.29, 1.82) is 0 Å². The van der Waals surface area contributed by atoms with Gasteiger partial charge >= 0.3 is 0 Å². The van der Waals surface area contributed by atoms with E-state index in [1.54, 1.807) is 7.05 Å². The van der Waals surface area contributed by atoms with E-state index in [2.05, 4.69) is 5.32 Å². The molecule has 1 aliphatic heterocycles. The summed E-state index contributed by atoms with van der Waals surface area (Å²) < 4.78 is 5.63. The zero-order valence-corrected chi connectivity index (χ0v) is 7.38. The lowest BCUT2D eigenvalue weighted by molar-refractivity contribution is -0.131. The summed E-state index contributed by atoms with van der Waals surface area (Å²) in [5.74, 6) is 0.705. The Morgan fingerprint density at radius 3 is 3.00 bits per heavy atom. The minimum atomic E-state index is -0.162. The highest BCUT2D eigenvalue weighted by Crippen LogP contribution is 2.38. The van der Waals surface area contributed by atoms with Crippen molar-refractivity contribution in [2.45, 2.75) is 37.9 Å². The van der Waals surface area contributed by atoms with Gasteiger partial charge < -0.3 is 10.1 Å². The van der Waals surface area contributed by atoms with Gasteiger partial charge in [0.2, 0.25) is 5.91 Å². The number of hydrogen-bond acceptors (Lipinski definition) is 2. The number of hydrogen-bond donors (Lipinski definition) is 1. The summed E-state index contributed by atoms with van der Waals surface area (Å²) in [6, 6.07) is 0. The summed E-state index contributed by atoms with van der Waals surface area (Å²) in [5.41, 5.74) is 0. The van der Waals surface area contributed by atoms with Crippen LogP contribution in [0.2, 0.25) is 0 Å². The van der Waals surface area contributed by atoms with Crippen molar-refractivity contribution in [3.05, 3.63) is 0 Å². The Kier molecular flexibility index (Phi) is 2.05. The molecule has 3 atom stereocenters. The zero-order chi connectivity index (χ0) is 8.55. The van der Waals surface area contributed by atoms with Crippen LogP contribution in [0.15, 0.2) is 0 Å². The highest BCUT2D eigenvalue weighted by Gasteiger charge is 2.40. The van der Waals surface area contributed by atoms with E-state index in [1.807, 2.05) is 0 Å². The van der Waals surface area contributed by atoms with Crippen molar-refractivity contribution in [3.8, 4) is 0 Å². The molecule has 0 aromatic rings. The highest BCUT2D eigenvalue weighted by molar-refractivity contribution is 5.80. The molecule has 0 spiro atoms. The fraction of sp³-hybridized carbons (Fsp3) is 0.889. The molecule has 2 aliphatic rings. The minimum Gasteiger partial charge on any atom is -0.365 e. The van der Waals surface area contributed by atoms with E-state index >= 15 is 0 Å². The molecule has 0 radical (unpaired) electrons. The van der Waals surface area contributed by atoms with Gasteiger partial charge in [0.25, 0.3) is 0 Å². The second-order valence-electron chi connectivity index (χ2n) is 3.70. The maximum absolute atomic E-state index is 11.2. The van der Waals surface area contributed by atoms with Crippen LogP contribution < -0.4 is 5.32 Å². The molecule has 1 N–H and O–H groups in total. The van der Waals surface area contributed by atoms with Gasteiger partial charge in [-0.05, 0) is 25.2 Å². The fourth-order valence-corrected chi connectivity index (χ4v) is 2.32. The molecule has 0 bridgehead atoms. The van der Waals surface area contributed by atoms with Gasteiger partial charge in [0.15, 0.2) is 0 Å². The molecule has 68 valence electrons. The Bertz CT molecular complexity index is 181. The van der Waals surface area contributed by atoms with Crippen molar-refractivity contribution in [3.63, 3.8) is 0 Å². The number of fused-ring (bicyclic) bond motifs is 1. The van der Waals surface area contributed by atoms with Crippen LogP contribution in [0, 0.1) is 5.92 Å². The number of nitrogens with one attached hydrogen (secondary N) is 1. The number of ether oxygens (including phenoxy) is 1. The van der Waals surface area contributed by atoms with E-state index in [9.17, 15) is 4.79 Å². The van der Waals surface area contributed by atoms with Crippen LogP contribution in [0.25, 0.3) is 0 Å². The fourth-order valence-electron chi connectivity index (χ4n) is 2.32. The van der Waals surface area contributed by atoms with Gasteiger partial charge in [0, 0.05) is 7.05 Å². The van der Waals surface area contributed by atoms with Crippen LogP contribution in [0.3, 0.4) is 0 Å². The first-order valence-corrected chi connectivity index (χ1v) is 4.68. The molecule has 1 aliphatic carbocycles. The van der Waals surface area contributed by atoms with Crippen molar-refractivity contribution >= 4 is 5.91 Å². The maximum atomic E-state index is 11.2. The zero-order valence-electron chi connectivity index (χ0n) is 7.38. The summed E-state index contributed by atoms with van der Waals surface area (Å²) in [5, 5.41) is 2.63. The van der Waals surface area contributed by atoms with E-state index in [4.69, 9.17) is 4.74 Å². The van der Waals surface area contributed by atoms with E-state index in [0.717, 1.165) is 12.8 Å². The standard InChI is InChI=1S/C9H15NO2/c1-10-9(11)8-5-6-3-2-4-7(6)12-8/h6-8H,2-5H2,1H3,(H,10,11)/t6-,7-,8+/m1/s1. The second kappa shape index (κ2) is 3.05. The van der Waals surface area contributed by atoms with Gasteiger partial charge in [-0.3, -0.25) is 4.79 Å². The lowest BCUT2D eigenvalue weighted by Gasteiger charge is -2.09. The molecule has 1 saturated heterocycles. The molecule has 1 heterocycles. The van der Waals surface area contributed by atoms with Crippen LogP contribution >= 0.6 is 0 Å². The number of likely N-dealkylation sites (N-methyl/N-ethyl adjacent to an activating group) is 1. The SMILES string of the molecule is CNC(=O)[C@@H]1C[C@H]2CCC[C@H]2O1. The molecule has 0 aromatic carbocycles. The van der Waals surface area contributed by atoms with Gasteiger partial charge in [0.05, 0.1) is 6.10 Å². The molecule has 2 rings (SSSR count). The third kappa shape index (κ3) is 1.22. The minimum absolute atomic E-state index is 0.0457. The van der Waals surface area contributed by atoms with Crippen molar-refractivity contribution in [1.82, 2.24) is 5.32 Å². The Labute approximate surface area is 72.5 Å². The van der Waals surface area contributed by atoms with Crippen molar-refractivity contribution < 1.29 is 9.53 Å². The van der Waals surface area contributed by atoms with Crippen LogP contribution in [0.1, 0.15) is 25.7 Å². The largest absolute Gasteiger partial charge is 0.365 e. The van der Waals surface area contributed by atoms with Gasteiger partial charge in [-0.15, -0.1) is 0 Å². The average Bonchev–Trinajstić information content (AvgIpc) is 2.60. The molecule has 3 heteroatoms. The monoisotopic (exact) mass is 169 g/mol. The Hall–Kier alpha value is -0.570. The van der Waals surface area contributed by atoms with Crippen molar-refractivity contribution in [2.75, 3.05) is 7.05 Å². The smallest absolute Gasteiger partial charge is 0.248 e. The summed E-state index contributed by atoms with van der Waals surface area (Å²) in [4.78, 5) is 11.2. The third-order valence-electron chi connectivity index (χ3n) is 2.98. The van der Waals surface area contributed by atoms with Crippen LogP contribution in [-0.4, -0.2) is 25.2 Å². The predicted molar refractivity (Wildman–Crippen MR) is 44.7 cm³/mol. The average molecular weight is 169 g/mol. The number of rotatable bonds is 1. The first kappa shape index (κ1) is 8.05. The molecule has 0 aromatic heterocycles. The topological polar surface area (TPSA) is 38.3 Å². The molecular formula is C9H15NO2. The second-order valence-corrected chi connectivity index (χ2v) is 3.70. The Morgan fingerprint density at radius 1 is 1.50 bits per heavy atom. The van der Waals surface area contributed by atoms with Gasteiger partial charge in [-0.2, -0.15) is 0 Å². The predicted octanol–water partition coefficient (Wildman–Crippen LogP) is 0.690. The van der Waals surface area contributed by atoms with Crippen LogP contribution in [-0.2, 0) is 9.53 Å². The van der Waals surface area contributed by atoms with E-state index < -0.39 is 0 Å². The summed E-state index contributed by atoms with van der Waals surface area (Å²) >= 11 is 0. The summed E-state index contributed by atoms with van der Waals surface area (Å²) in [6.45, 7) is 0. The van der Waals surface area contributed by atoms with Gasteiger partial charge in [0.1, 0.15) is 6.10 Å². The molecular weight excluding hydrogens is 154 g/mol. The first-order valence-electron chi connectivity index (χ1n) is 4.68. The van der Waals surface area contributed by atoms with Crippen LogP contribution in [0.5, 0.6) is 0 Å². The van der Waals surface area contributed by atoms with Crippen molar-refractivity contribution in [2.24, 2.45) is 5.92 Å². The first-order chi connectivity index (χ1) is 5.81. The van der Waals surface area contributed by atoms with E-state index in [1.165, 1.54) is 12.8 Å². The number of carbonyl (C=O) groups is 1. The lowest BCUT2D eigenvalue weighted by atomic mass is 10.0. The van der Waals surface area contributed by atoms with E-state index in [-0.39, 0.29) is 12.0 Å². The molecule has 3 nitrogen and oxygen atoms in total. The number of carbonyl (C=O) groups excluding carboxylic acids is 1. The quantitative estimate of drug-likeness (QED) is 0.627. The Morgan fingerprint density at radius 2 is 2.33 bits per heavy atom. The molecule has 1 saturated carbocycles. The number of amides is 1. The maximum Gasteiger partial charge on any atom is 0.248 e.